The lowest BCUT2D eigenvalue weighted by Crippen LogP contribution is -2.26. The van der Waals surface area contributed by atoms with Gasteiger partial charge in [0.05, 0.1) is 5.02 Å². The van der Waals surface area contributed by atoms with Crippen LogP contribution in [0.2, 0.25) is 5.02 Å². The number of hydrogen-bond donors (Lipinski definition) is 2. The second-order valence-electron chi connectivity index (χ2n) is 3.28. The predicted molar refractivity (Wildman–Crippen MR) is 62.3 cm³/mol. The molecule has 0 saturated carbocycles. The van der Waals surface area contributed by atoms with Crippen molar-refractivity contribution in [3.8, 4) is 5.75 Å². The molecule has 8 nitrogen and oxygen atoms in total. The summed E-state index contributed by atoms with van der Waals surface area (Å²) in [6, 6.07) is 1.19. The first-order valence-corrected chi connectivity index (χ1v) is 7.62. The first kappa shape index (κ1) is 13.1. The number of ether oxygens (including phenoxy) is 1. The van der Waals surface area contributed by atoms with Gasteiger partial charge in [-0.3, -0.25) is 0 Å². The number of rotatable bonds is 1. The third kappa shape index (κ3) is 2.14. The molecule has 1 aliphatic heterocycles. The van der Waals surface area contributed by atoms with Gasteiger partial charge in [-0.15, -0.1) is 4.40 Å². The highest BCUT2D eigenvalue weighted by Gasteiger charge is 2.29. The van der Waals surface area contributed by atoms with Crippen molar-refractivity contribution in [1.82, 2.24) is 0 Å². The van der Waals surface area contributed by atoms with Crippen LogP contribution in [0.5, 0.6) is 5.75 Å². The number of primary sulfonamides is 1. The molecule has 11 heteroatoms. The van der Waals surface area contributed by atoms with Crippen molar-refractivity contribution in [3.63, 3.8) is 0 Å². The number of amidine groups is 1. The van der Waals surface area contributed by atoms with Crippen LogP contribution in [0.1, 0.15) is 0 Å². The van der Waals surface area contributed by atoms with Gasteiger partial charge in [-0.25, -0.2) is 13.6 Å². The van der Waals surface area contributed by atoms with Gasteiger partial charge < -0.3 is 10.5 Å². The first-order valence-electron chi connectivity index (χ1n) is 4.26. The van der Waals surface area contributed by atoms with Crippen LogP contribution in [0.25, 0.3) is 0 Å². The van der Waals surface area contributed by atoms with Crippen molar-refractivity contribution >= 4 is 37.7 Å². The molecule has 4 N–H and O–H groups in total. The molecule has 98 valence electrons. The lowest BCUT2D eigenvalue weighted by molar-refractivity contribution is 0.510. The van der Waals surface area contributed by atoms with Crippen LogP contribution < -0.4 is 15.6 Å². The van der Waals surface area contributed by atoms with Crippen molar-refractivity contribution in [3.05, 3.63) is 17.2 Å². The van der Waals surface area contributed by atoms with E-state index in [2.05, 4.69) is 4.40 Å². The van der Waals surface area contributed by atoms with Crippen molar-refractivity contribution in [2.75, 3.05) is 0 Å². The molecule has 0 atom stereocenters. The molecule has 18 heavy (non-hydrogen) atoms. The molecule has 0 bridgehead atoms. The Kier molecular flexibility index (Phi) is 2.77. The second-order valence-corrected chi connectivity index (χ2v) is 6.79. The van der Waals surface area contributed by atoms with E-state index in [1.54, 1.807) is 0 Å². The lowest BCUT2D eigenvalue weighted by Gasteiger charge is -2.15. The summed E-state index contributed by atoms with van der Waals surface area (Å²) in [6.07, 6.45) is 0. The summed E-state index contributed by atoms with van der Waals surface area (Å²) in [5.74, 6) is -0.208. The summed E-state index contributed by atoms with van der Waals surface area (Å²) in [4.78, 5) is -1.00. The summed E-state index contributed by atoms with van der Waals surface area (Å²) < 4.78 is 53.6. The Morgan fingerprint density at radius 2 is 1.94 bits per heavy atom. The molecule has 0 spiro atoms. The fourth-order valence-electron chi connectivity index (χ4n) is 1.31. The largest absolute Gasteiger partial charge is 0.424 e. The molecule has 1 heterocycles. The van der Waals surface area contributed by atoms with E-state index in [0.29, 0.717) is 0 Å². The second kappa shape index (κ2) is 3.82. The number of fused-ring (bicyclic) bond motifs is 1. The molecule has 0 unspecified atom stereocenters. The maximum Gasteiger partial charge on any atom is 0.303 e. The van der Waals surface area contributed by atoms with E-state index >= 15 is 0 Å². The Morgan fingerprint density at radius 1 is 1.33 bits per heavy atom. The van der Waals surface area contributed by atoms with Gasteiger partial charge in [0.1, 0.15) is 9.79 Å². The van der Waals surface area contributed by atoms with Crippen LogP contribution in [-0.4, -0.2) is 22.9 Å². The van der Waals surface area contributed by atoms with Gasteiger partial charge in [0.15, 0.2) is 5.75 Å². The van der Waals surface area contributed by atoms with Crippen LogP contribution in [0.3, 0.4) is 0 Å². The standard InChI is InChI=1S/C7H6ClN3O5S2/c8-3-1-4-6(2-5(3)17(10,12)13)18(14,15)11-7(9)16-4/h1-2H,(H2,9,11)(H2,10,12,13). The monoisotopic (exact) mass is 311 g/mol. The summed E-state index contributed by atoms with van der Waals surface area (Å²) >= 11 is 5.67. The Balaban J connectivity index is 2.82. The number of nitrogens with two attached hydrogens (primary N) is 2. The third-order valence-electron chi connectivity index (χ3n) is 2.01. The Bertz CT molecular complexity index is 769. The van der Waals surface area contributed by atoms with Gasteiger partial charge in [-0.1, -0.05) is 11.6 Å². The minimum atomic E-state index is -4.16. The Morgan fingerprint density at radius 3 is 2.50 bits per heavy atom. The zero-order chi connectivity index (χ0) is 13.7. The van der Waals surface area contributed by atoms with E-state index in [9.17, 15) is 16.8 Å². The summed E-state index contributed by atoms with van der Waals surface area (Å²) in [5, 5.41) is 4.62. The Labute approximate surface area is 107 Å². The van der Waals surface area contributed by atoms with E-state index in [1.165, 1.54) is 0 Å². The van der Waals surface area contributed by atoms with Crippen molar-refractivity contribution < 1.29 is 21.6 Å². The SMILES string of the molecule is NC1=NS(=O)(=O)c2cc(S(N)(=O)=O)c(Cl)cc2O1. The van der Waals surface area contributed by atoms with Crippen molar-refractivity contribution in [2.45, 2.75) is 9.79 Å². The van der Waals surface area contributed by atoms with Gasteiger partial charge >= 0.3 is 6.02 Å². The summed E-state index contributed by atoms with van der Waals surface area (Å²) in [5.41, 5.74) is 5.16. The smallest absolute Gasteiger partial charge is 0.303 e. The zero-order valence-electron chi connectivity index (χ0n) is 8.49. The minimum Gasteiger partial charge on any atom is -0.424 e. The molecule has 1 aromatic rings. The first-order chi connectivity index (χ1) is 8.11. The number of sulfonamides is 2. The summed E-state index contributed by atoms with van der Waals surface area (Å²) in [6.45, 7) is 0. The molecule has 0 radical (unpaired) electrons. The van der Waals surface area contributed by atoms with Crippen LogP contribution in [0.15, 0.2) is 26.3 Å². The number of benzene rings is 1. The molecule has 1 aromatic carbocycles. The van der Waals surface area contributed by atoms with Crippen LogP contribution >= 0.6 is 11.6 Å². The molecule has 2 rings (SSSR count). The van der Waals surface area contributed by atoms with Gasteiger partial charge in [0, 0.05) is 6.07 Å². The molecule has 0 fully saturated rings. The van der Waals surface area contributed by atoms with Crippen LogP contribution in [0.4, 0.5) is 0 Å². The minimum absolute atomic E-state index is 0.208. The molecule has 0 aromatic heterocycles. The average molecular weight is 312 g/mol. The van der Waals surface area contributed by atoms with E-state index in [-0.39, 0.29) is 10.8 Å². The molecule has 0 amide bonds. The van der Waals surface area contributed by atoms with Gasteiger partial charge in [0.2, 0.25) is 10.0 Å². The fraction of sp³-hybridized carbons (Fsp3) is 0. The number of halogens is 1. The van der Waals surface area contributed by atoms with E-state index in [4.69, 9.17) is 27.2 Å². The highest BCUT2D eigenvalue weighted by atomic mass is 35.5. The van der Waals surface area contributed by atoms with E-state index in [0.717, 1.165) is 12.1 Å². The Hall–Kier alpha value is -1.36. The molecule has 0 aliphatic carbocycles. The highest BCUT2D eigenvalue weighted by molar-refractivity contribution is 7.91. The van der Waals surface area contributed by atoms with Gasteiger partial charge in [-0.2, -0.15) is 8.42 Å². The molecular formula is C7H6ClN3O5S2. The van der Waals surface area contributed by atoms with Crippen molar-refractivity contribution in [2.24, 2.45) is 15.3 Å². The van der Waals surface area contributed by atoms with E-state index in [1.807, 2.05) is 0 Å². The molecular weight excluding hydrogens is 306 g/mol. The predicted octanol–water partition coefficient (Wildman–Crippen LogP) is -0.617. The number of hydrogen-bond acceptors (Lipinski definition) is 6. The maximum absolute atomic E-state index is 11.6. The quantitative estimate of drug-likeness (QED) is 0.708. The fourth-order valence-corrected chi connectivity index (χ4v) is 3.47. The van der Waals surface area contributed by atoms with Gasteiger partial charge in [0.25, 0.3) is 10.0 Å². The number of nitrogens with zero attached hydrogens (tertiary/aromatic N) is 1. The van der Waals surface area contributed by atoms with Gasteiger partial charge in [-0.05, 0) is 6.07 Å². The third-order valence-corrected chi connectivity index (χ3v) is 4.68. The lowest BCUT2D eigenvalue weighted by atomic mass is 10.3. The zero-order valence-corrected chi connectivity index (χ0v) is 10.9. The highest BCUT2D eigenvalue weighted by Crippen LogP contribution is 2.35. The van der Waals surface area contributed by atoms with Crippen LogP contribution in [0, 0.1) is 0 Å². The van der Waals surface area contributed by atoms with E-state index < -0.39 is 35.9 Å². The molecule has 0 saturated heterocycles. The summed E-state index contributed by atoms with van der Waals surface area (Å²) in [7, 11) is -8.29. The topological polar surface area (TPSA) is 142 Å². The molecule has 1 aliphatic rings. The maximum atomic E-state index is 11.6. The average Bonchev–Trinajstić information content (AvgIpc) is 2.12. The van der Waals surface area contributed by atoms with Crippen LogP contribution in [-0.2, 0) is 20.0 Å². The van der Waals surface area contributed by atoms with Crippen molar-refractivity contribution in [1.29, 1.82) is 0 Å². The normalized spacial score (nSPS) is 17.6.